The second-order valence-electron chi connectivity index (χ2n) is 5.21. The number of halogens is 1. The summed E-state index contributed by atoms with van der Waals surface area (Å²) in [5.41, 5.74) is 3.48. The van der Waals surface area contributed by atoms with Crippen LogP contribution in [0.15, 0.2) is 27.3 Å². The lowest BCUT2D eigenvalue weighted by molar-refractivity contribution is 0.552. The van der Waals surface area contributed by atoms with Crippen LogP contribution in [0.3, 0.4) is 0 Å². The summed E-state index contributed by atoms with van der Waals surface area (Å²) in [5, 5.41) is 4.69. The molecule has 0 spiro atoms. The van der Waals surface area contributed by atoms with Crippen molar-refractivity contribution in [1.82, 2.24) is 5.32 Å². The highest BCUT2D eigenvalue weighted by Gasteiger charge is 2.09. The molecule has 18 heavy (non-hydrogen) atoms. The van der Waals surface area contributed by atoms with E-state index in [0.29, 0.717) is 5.92 Å². The van der Waals surface area contributed by atoms with Crippen LogP contribution in [0.5, 0.6) is 0 Å². The number of furan rings is 1. The van der Waals surface area contributed by atoms with Gasteiger partial charge < -0.3 is 9.73 Å². The summed E-state index contributed by atoms with van der Waals surface area (Å²) in [6, 6.07) is 4.23. The Morgan fingerprint density at radius 2 is 2.11 bits per heavy atom. The first-order valence-electron chi connectivity index (χ1n) is 6.45. The van der Waals surface area contributed by atoms with Gasteiger partial charge in [-0.1, -0.05) is 29.8 Å². The molecule has 0 amide bonds. The topological polar surface area (TPSA) is 25.2 Å². The summed E-state index contributed by atoms with van der Waals surface area (Å²) in [5.74, 6) is 0.697. The minimum atomic E-state index is 0.697. The Balaban J connectivity index is 2.09. The van der Waals surface area contributed by atoms with Crippen LogP contribution in [0, 0.1) is 12.8 Å². The maximum absolute atomic E-state index is 5.66. The Morgan fingerprint density at radius 3 is 2.83 bits per heavy atom. The van der Waals surface area contributed by atoms with E-state index < -0.39 is 0 Å². The van der Waals surface area contributed by atoms with Crippen molar-refractivity contribution in [2.24, 2.45) is 5.92 Å². The maximum atomic E-state index is 5.66. The number of aryl methyl sites for hydroxylation is 1. The summed E-state index contributed by atoms with van der Waals surface area (Å²) < 4.78 is 6.78. The highest BCUT2D eigenvalue weighted by atomic mass is 79.9. The number of hydrogen-bond acceptors (Lipinski definition) is 2. The Labute approximate surface area is 117 Å². The van der Waals surface area contributed by atoms with Gasteiger partial charge in [0.2, 0.25) is 0 Å². The monoisotopic (exact) mass is 309 g/mol. The van der Waals surface area contributed by atoms with Crippen molar-refractivity contribution < 1.29 is 4.42 Å². The summed E-state index contributed by atoms with van der Waals surface area (Å²) in [7, 11) is 0. The molecule has 2 rings (SSSR count). The SMILES string of the molecule is Cc1cc(Br)cc2c(CCNCC(C)C)coc12. The molecule has 0 saturated heterocycles. The minimum Gasteiger partial charge on any atom is -0.464 e. The van der Waals surface area contributed by atoms with E-state index in [1.807, 2.05) is 6.26 Å². The fourth-order valence-electron chi connectivity index (χ4n) is 2.13. The van der Waals surface area contributed by atoms with Gasteiger partial charge in [-0.2, -0.15) is 0 Å². The molecule has 0 aliphatic carbocycles. The zero-order valence-corrected chi connectivity index (χ0v) is 12.8. The largest absolute Gasteiger partial charge is 0.464 e. The van der Waals surface area contributed by atoms with E-state index in [1.54, 1.807) is 0 Å². The lowest BCUT2D eigenvalue weighted by atomic mass is 10.1. The third kappa shape index (κ3) is 3.15. The predicted molar refractivity (Wildman–Crippen MR) is 80.1 cm³/mol. The predicted octanol–water partition coefficient (Wildman–Crippen LogP) is 4.29. The first kappa shape index (κ1) is 13.6. The zero-order chi connectivity index (χ0) is 13.1. The second-order valence-corrected chi connectivity index (χ2v) is 6.12. The molecule has 2 nitrogen and oxygen atoms in total. The molecule has 0 aliphatic heterocycles. The molecule has 0 aliphatic rings. The summed E-state index contributed by atoms with van der Waals surface area (Å²) in [6.45, 7) is 8.59. The standard InChI is InChI=1S/C15H20BrNO/c1-10(2)8-17-5-4-12-9-18-15-11(3)6-13(16)7-14(12)15/h6-7,9-10,17H,4-5,8H2,1-3H3. The molecule has 2 aromatic rings. The van der Waals surface area contributed by atoms with Crippen LogP contribution in [-0.4, -0.2) is 13.1 Å². The van der Waals surface area contributed by atoms with Crippen LogP contribution in [0.25, 0.3) is 11.0 Å². The van der Waals surface area contributed by atoms with Crippen LogP contribution in [0.1, 0.15) is 25.0 Å². The van der Waals surface area contributed by atoms with Crippen molar-refractivity contribution in [3.05, 3.63) is 34.0 Å². The van der Waals surface area contributed by atoms with Crippen molar-refractivity contribution in [1.29, 1.82) is 0 Å². The third-order valence-corrected chi connectivity index (χ3v) is 3.49. The second kappa shape index (κ2) is 5.89. The lowest BCUT2D eigenvalue weighted by Crippen LogP contribution is -2.21. The van der Waals surface area contributed by atoms with Gasteiger partial charge in [0.25, 0.3) is 0 Å². The summed E-state index contributed by atoms with van der Waals surface area (Å²) in [6.07, 6.45) is 2.90. The fraction of sp³-hybridized carbons (Fsp3) is 0.467. The van der Waals surface area contributed by atoms with Crippen molar-refractivity contribution >= 4 is 26.9 Å². The smallest absolute Gasteiger partial charge is 0.137 e. The van der Waals surface area contributed by atoms with Gasteiger partial charge in [-0.3, -0.25) is 0 Å². The van der Waals surface area contributed by atoms with Gasteiger partial charge in [0.05, 0.1) is 6.26 Å². The molecule has 1 aromatic heterocycles. The first-order valence-corrected chi connectivity index (χ1v) is 7.24. The summed E-state index contributed by atoms with van der Waals surface area (Å²) in [4.78, 5) is 0. The number of nitrogens with one attached hydrogen (secondary N) is 1. The Bertz CT molecular complexity index is 531. The van der Waals surface area contributed by atoms with E-state index in [2.05, 4.69) is 54.2 Å². The molecule has 3 heteroatoms. The van der Waals surface area contributed by atoms with E-state index in [4.69, 9.17) is 4.42 Å². The van der Waals surface area contributed by atoms with Gasteiger partial charge in [0.15, 0.2) is 0 Å². The molecule has 1 heterocycles. The van der Waals surface area contributed by atoms with Crippen LogP contribution in [-0.2, 0) is 6.42 Å². The zero-order valence-electron chi connectivity index (χ0n) is 11.2. The van der Waals surface area contributed by atoms with E-state index in [9.17, 15) is 0 Å². The van der Waals surface area contributed by atoms with E-state index >= 15 is 0 Å². The van der Waals surface area contributed by atoms with Crippen molar-refractivity contribution in [2.45, 2.75) is 27.2 Å². The molecule has 0 saturated carbocycles. The van der Waals surface area contributed by atoms with Gasteiger partial charge in [0.1, 0.15) is 5.58 Å². The normalized spacial score (nSPS) is 11.6. The fourth-order valence-corrected chi connectivity index (χ4v) is 2.70. The van der Waals surface area contributed by atoms with E-state index in [0.717, 1.165) is 29.6 Å². The highest BCUT2D eigenvalue weighted by Crippen LogP contribution is 2.28. The Morgan fingerprint density at radius 1 is 1.33 bits per heavy atom. The molecule has 0 fully saturated rings. The van der Waals surface area contributed by atoms with Crippen LogP contribution in [0.4, 0.5) is 0 Å². The van der Waals surface area contributed by atoms with E-state index in [1.165, 1.54) is 16.5 Å². The van der Waals surface area contributed by atoms with Crippen molar-refractivity contribution in [3.63, 3.8) is 0 Å². The number of rotatable bonds is 5. The molecule has 0 atom stereocenters. The minimum absolute atomic E-state index is 0.697. The molecule has 0 unspecified atom stereocenters. The van der Waals surface area contributed by atoms with Crippen LogP contribution >= 0.6 is 15.9 Å². The quantitative estimate of drug-likeness (QED) is 0.833. The number of hydrogen-bond donors (Lipinski definition) is 1. The van der Waals surface area contributed by atoms with Crippen molar-refractivity contribution in [2.75, 3.05) is 13.1 Å². The van der Waals surface area contributed by atoms with Crippen LogP contribution < -0.4 is 5.32 Å². The van der Waals surface area contributed by atoms with Crippen LogP contribution in [0.2, 0.25) is 0 Å². The molecule has 1 N–H and O–H groups in total. The lowest BCUT2D eigenvalue weighted by Gasteiger charge is -2.06. The highest BCUT2D eigenvalue weighted by molar-refractivity contribution is 9.10. The van der Waals surface area contributed by atoms with Gasteiger partial charge in [-0.25, -0.2) is 0 Å². The van der Waals surface area contributed by atoms with Gasteiger partial charge in [-0.05, 0) is 55.6 Å². The average Bonchev–Trinajstić information content (AvgIpc) is 2.67. The maximum Gasteiger partial charge on any atom is 0.137 e. The summed E-state index contributed by atoms with van der Waals surface area (Å²) >= 11 is 3.55. The van der Waals surface area contributed by atoms with E-state index in [-0.39, 0.29) is 0 Å². The van der Waals surface area contributed by atoms with Gasteiger partial charge >= 0.3 is 0 Å². The number of fused-ring (bicyclic) bond motifs is 1. The Hall–Kier alpha value is -0.800. The van der Waals surface area contributed by atoms with Crippen molar-refractivity contribution in [3.8, 4) is 0 Å². The molecule has 98 valence electrons. The molecular formula is C15H20BrNO. The molecular weight excluding hydrogens is 290 g/mol. The molecule has 0 bridgehead atoms. The van der Waals surface area contributed by atoms with Gasteiger partial charge in [-0.15, -0.1) is 0 Å². The molecule has 0 radical (unpaired) electrons. The average molecular weight is 310 g/mol. The molecule has 1 aromatic carbocycles. The Kier molecular flexibility index (Phi) is 4.46. The third-order valence-electron chi connectivity index (χ3n) is 3.03. The number of benzene rings is 1. The van der Waals surface area contributed by atoms with Gasteiger partial charge in [0, 0.05) is 9.86 Å². The first-order chi connectivity index (χ1) is 8.58.